The van der Waals surface area contributed by atoms with Gasteiger partial charge in [-0.3, -0.25) is 9.35 Å². The number of hydrogen-bond donors (Lipinski definition) is 1. The van der Waals surface area contributed by atoms with E-state index in [4.69, 9.17) is 9.29 Å². The zero-order valence-corrected chi connectivity index (χ0v) is 15.2. The molecule has 26 heavy (non-hydrogen) atoms. The average molecular weight is 396 g/mol. The largest absolute Gasteiger partial charge is 0.448 e. The maximum absolute atomic E-state index is 13.4. The second-order valence-electron chi connectivity index (χ2n) is 8.87. The first-order valence-corrected chi connectivity index (χ1v) is 10.8. The minimum Gasteiger partial charge on any atom is -0.448 e. The Bertz CT molecular complexity index is 720. The lowest BCUT2D eigenvalue weighted by atomic mass is 9.67. The lowest BCUT2D eigenvalue weighted by Gasteiger charge is -2.39. The van der Waals surface area contributed by atoms with Gasteiger partial charge in [0, 0.05) is 0 Å². The maximum Gasteiger partial charge on any atom is 0.429 e. The van der Waals surface area contributed by atoms with Gasteiger partial charge in [-0.05, 0) is 74.5 Å². The number of carbonyl (C=O) groups is 1. The summed E-state index contributed by atoms with van der Waals surface area (Å²) in [7, 11) is -4.96. The monoisotopic (exact) mass is 396 g/mol. The molecule has 4 saturated carbocycles. The molecule has 148 valence electrons. The Kier molecular flexibility index (Phi) is 3.99. The summed E-state index contributed by atoms with van der Waals surface area (Å²) in [6.07, 6.45) is -0.153. The number of rotatable bonds is 4. The summed E-state index contributed by atoms with van der Waals surface area (Å²) in [5, 5.41) is 0. The van der Waals surface area contributed by atoms with E-state index in [9.17, 15) is 26.4 Å². The fourth-order valence-electron chi connectivity index (χ4n) is 6.65. The van der Waals surface area contributed by atoms with Crippen molar-refractivity contribution in [2.24, 2.45) is 41.4 Å². The number of hydrogen-bond acceptors (Lipinski definition) is 4. The molecule has 4 fully saturated rings. The van der Waals surface area contributed by atoms with Crippen LogP contribution in [0.4, 0.5) is 13.2 Å². The van der Waals surface area contributed by atoms with Crippen molar-refractivity contribution in [1.82, 2.24) is 0 Å². The number of alkyl halides is 3. The van der Waals surface area contributed by atoms with Gasteiger partial charge in [0.05, 0.1) is 5.92 Å². The summed E-state index contributed by atoms with van der Waals surface area (Å²) >= 11 is 0. The molecule has 4 aliphatic rings. The fraction of sp³-hybridized carbons (Fsp3) is 0.941. The van der Waals surface area contributed by atoms with Crippen LogP contribution in [-0.4, -0.2) is 36.5 Å². The lowest BCUT2D eigenvalue weighted by molar-refractivity contribution is -0.258. The maximum atomic E-state index is 13.4. The third kappa shape index (κ3) is 2.77. The number of esters is 1. The van der Waals surface area contributed by atoms with Crippen molar-refractivity contribution in [1.29, 1.82) is 0 Å². The first-order valence-electron chi connectivity index (χ1n) is 9.14. The minimum absolute atomic E-state index is 0.0519. The summed E-state index contributed by atoms with van der Waals surface area (Å²) < 4.78 is 75.7. The van der Waals surface area contributed by atoms with E-state index >= 15 is 0 Å². The molecule has 0 spiro atoms. The molecule has 0 aliphatic heterocycles. The Balaban J connectivity index is 1.51. The highest BCUT2D eigenvalue weighted by molar-refractivity contribution is 7.85. The molecule has 4 rings (SSSR count). The normalized spacial score (nSPS) is 43.3. The van der Waals surface area contributed by atoms with Gasteiger partial charge in [-0.25, -0.2) is 0 Å². The molecule has 0 radical (unpaired) electrons. The smallest absolute Gasteiger partial charge is 0.429 e. The molecular weight excluding hydrogens is 373 g/mol. The van der Waals surface area contributed by atoms with Gasteiger partial charge in [0.1, 0.15) is 5.75 Å². The van der Waals surface area contributed by atoms with E-state index in [1.165, 1.54) is 12.8 Å². The van der Waals surface area contributed by atoms with E-state index in [2.05, 4.69) is 0 Å². The molecule has 4 bridgehead atoms. The highest BCUT2D eigenvalue weighted by atomic mass is 32.2. The molecule has 5 nitrogen and oxygen atoms in total. The molecule has 0 amide bonds. The van der Waals surface area contributed by atoms with Gasteiger partial charge < -0.3 is 4.74 Å². The van der Waals surface area contributed by atoms with Crippen molar-refractivity contribution in [3.63, 3.8) is 0 Å². The van der Waals surface area contributed by atoms with Crippen LogP contribution in [0, 0.1) is 41.4 Å². The summed E-state index contributed by atoms with van der Waals surface area (Å²) in [6.45, 7) is 0.506. The van der Waals surface area contributed by atoms with E-state index < -0.39 is 39.5 Å². The van der Waals surface area contributed by atoms with Crippen LogP contribution in [0.1, 0.15) is 39.0 Å². The van der Waals surface area contributed by atoms with Crippen molar-refractivity contribution >= 4 is 16.1 Å². The Morgan fingerprint density at radius 3 is 2.27 bits per heavy atom. The molecule has 9 heteroatoms. The summed E-state index contributed by atoms with van der Waals surface area (Å²) in [6, 6.07) is 0. The fourth-order valence-corrected chi connectivity index (χ4v) is 7.57. The van der Waals surface area contributed by atoms with Gasteiger partial charge in [-0.1, -0.05) is 0 Å². The van der Waals surface area contributed by atoms with Crippen LogP contribution >= 0.6 is 0 Å². The molecular formula is C17H23F3O5S. The van der Waals surface area contributed by atoms with Crippen molar-refractivity contribution in [3.8, 4) is 0 Å². The van der Waals surface area contributed by atoms with Crippen molar-refractivity contribution in [2.75, 3.05) is 5.75 Å². The summed E-state index contributed by atoms with van der Waals surface area (Å²) in [5.74, 6) is -0.538. The zero-order valence-electron chi connectivity index (χ0n) is 14.4. The van der Waals surface area contributed by atoms with E-state index in [-0.39, 0.29) is 5.92 Å². The third-order valence-corrected chi connectivity index (χ3v) is 8.34. The molecule has 4 aliphatic carbocycles. The third-order valence-electron chi connectivity index (χ3n) is 7.42. The number of fused-ring (bicyclic) bond motifs is 9. The van der Waals surface area contributed by atoms with Gasteiger partial charge in [0.15, 0.2) is 0 Å². The van der Waals surface area contributed by atoms with Gasteiger partial charge in [0.25, 0.3) is 10.1 Å². The van der Waals surface area contributed by atoms with Gasteiger partial charge >= 0.3 is 12.1 Å². The molecule has 0 aromatic rings. The SMILES string of the molecule is CC(CS(=O)(=O)O)(OC(=O)C1CC2CC1C1C3CCC(C3)C21)C(F)(F)F. The predicted molar refractivity (Wildman–Crippen MR) is 84.5 cm³/mol. The summed E-state index contributed by atoms with van der Waals surface area (Å²) in [5.41, 5.74) is -3.24. The topological polar surface area (TPSA) is 80.7 Å². The Morgan fingerprint density at radius 2 is 1.69 bits per heavy atom. The standard InChI is InChI=1S/C17H23F3O5S/c1-16(17(18,19)20,7-26(22,23)24)25-15(21)12-6-10-5-11(12)14-9-3-2-8(4-9)13(10)14/h8-14H,2-7H2,1H3,(H,22,23,24). The van der Waals surface area contributed by atoms with Crippen LogP contribution in [0.25, 0.3) is 0 Å². The van der Waals surface area contributed by atoms with Crippen LogP contribution in [-0.2, 0) is 19.6 Å². The Morgan fingerprint density at radius 1 is 1.08 bits per heavy atom. The van der Waals surface area contributed by atoms with Crippen LogP contribution in [0.2, 0.25) is 0 Å². The second kappa shape index (κ2) is 5.59. The van der Waals surface area contributed by atoms with Crippen LogP contribution in [0.5, 0.6) is 0 Å². The van der Waals surface area contributed by atoms with E-state index in [0.717, 1.165) is 12.8 Å². The van der Waals surface area contributed by atoms with Crippen molar-refractivity contribution in [3.05, 3.63) is 0 Å². The van der Waals surface area contributed by atoms with Gasteiger partial charge in [-0.15, -0.1) is 0 Å². The van der Waals surface area contributed by atoms with E-state index in [0.29, 0.717) is 42.9 Å². The second-order valence-corrected chi connectivity index (χ2v) is 10.3. The molecule has 8 atom stereocenters. The number of carbonyl (C=O) groups excluding carboxylic acids is 1. The quantitative estimate of drug-likeness (QED) is 0.449. The van der Waals surface area contributed by atoms with Gasteiger partial charge in [0.2, 0.25) is 5.60 Å². The molecule has 0 saturated heterocycles. The minimum atomic E-state index is -5.09. The Labute approximate surface area is 150 Å². The van der Waals surface area contributed by atoms with Gasteiger partial charge in [-0.2, -0.15) is 21.6 Å². The zero-order chi connectivity index (χ0) is 19.1. The number of ether oxygens (including phenoxy) is 1. The Hall–Kier alpha value is -0.830. The summed E-state index contributed by atoms with van der Waals surface area (Å²) in [4.78, 5) is 12.6. The first kappa shape index (κ1) is 18.5. The number of halogens is 3. The van der Waals surface area contributed by atoms with E-state index in [1.54, 1.807) is 0 Å². The average Bonchev–Trinajstić information content (AvgIpc) is 3.22. The molecule has 8 unspecified atom stereocenters. The van der Waals surface area contributed by atoms with Crippen LogP contribution in [0.15, 0.2) is 0 Å². The predicted octanol–water partition coefficient (Wildman–Crippen LogP) is 3.06. The van der Waals surface area contributed by atoms with E-state index in [1.807, 2.05) is 0 Å². The molecule has 0 aromatic carbocycles. The molecule has 0 heterocycles. The lowest BCUT2D eigenvalue weighted by Crippen LogP contribution is -2.52. The van der Waals surface area contributed by atoms with Crippen LogP contribution < -0.4 is 0 Å². The van der Waals surface area contributed by atoms with Crippen molar-refractivity contribution in [2.45, 2.75) is 50.8 Å². The first-order chi connectivity index (χ1) is 11.9. The molecule has 0 aromatic heterocycles. The van der Waals surface area contributed by atoms with Crippen molar-refractivity contribution < 1.29 is 35.7 Å². The van der Waals surface area contributed by atoms with Crippen LogP contribution in [0.3, 0.4) is 0 Å². The molecule has 1 N–H and O–H groups in total. The highest BCUT2D eigenvalue weighted by Gasteiger charge is 2.65. The highest BCUT2D eigenvalue weighted by Crippen LogP contribution is 2.69.